The number of rotatable bonds is 5. The first-order valence-electron chi connectivity index (χ1n) is 9.70. The van der Waals surface area contributed by atoms with Gasteiger partial charge in [0.1, 0.15) is 5.82 Å². The SMILES string of the molecule is c1cc2nc(Nc3ccc(N4CCCNCC4)cc3)nc(NC3CC3)c2s1. The van der Waals surface area contributed by atoms with E-state index in [9.17, 15) is 0 Å². The predicted molar refractivity (Wildman–Crippen MR) is 113 cm³/mol. The molecular weight excluding hydrogens is 356 g/mol. The fourth-order valence-electron chi connectivity index (χ4n) is 3.43. The first kappa shape index (κ1) is 16.8. The minimum absolute atomic E-state index is 0.570. The van der Waals surface area contributed by atoms with Crippen molar-refractivity contribution in [2.75, 3.05) is 41.7 Å². The molecule has 3 N–H and O–H groups in total. The van der Waals surface area contributed by atoms with Gasteiger partial charge in [-0.25, -0.2) is 4.98 Å². The maximum absolute atomic E-state index is 4.73. The van der Waals surface area contributed by atoms with Crippen LogP contribution in [0.25, 0.3) is 10.2 Å². The number of aromatic nitrogens is 2. The van der Waals surface area contributed by atoms with E-state index in [1.807, 2.05) is 0 Å². The Hall–Kier alpha value is -2.38. The Balaban J connectivity index is 1.35. The zero-order chi connectivity index (χ0) is 18.1. The van der Waals surface area contributed by atoms with Gasteiger partial charge in [-0.15, -0.1) is 11.3 Å². The quantitative estimate of drug-likeness (QED) is 0.626. The maximum Gasteiger partial charge on any atom is 0.229 e. The second-order valence-electron chi connectivity index (χ2n) is 7.21. The molecule has 1 aromatic carbocycles. The van der Waals surface area contributed by atoms with Crippen LogP contribution in [0, 0.1) is 0 Å². The van der Waals surface area contributed by atoms with Crippen LogP contribution in [0.1, 0.15) is 19.3 Å². The highest BCUT2D eigenvalue weighted by molar-refractivity contribution is 7.17. The van der Waals surface area contributed by atoms with E-state index in [0.29, 0.717) is 12.0 Å². The van der Waals surface area contributed by atoms with Crippen molar-refractivity contribution in [1.82, 2.24) is 15.3 Å². The van der Waals surface area contributed by atoms with Gasteiger partial charge in [0.15, 0.2) is 0 Å². The highest BCUT2D eigenvalue weighted by atomic mass is 32.1. The van der Waals surface area contributed by atoms with Crippen molar-refractivity contribution in [1.29, 1.82) is 0 Å². The largest absolute Gasteiger partial charge is 0.370 e. The minimum Gasteiger partial charge on any atom is -0.370 e. The van der Waals surface area contributed by atoms with Crippen LogP contribution in [0.3, 0.4) is 0 Å². The Morgan fingerprint density at radius 3 is 2.78 bits per heavy atom. The molecule has 1 aliphatic heterocycles. The van der Waals surface area contributed by atoms with Crippen molar-refractivity contribution in [2.24, 2.45) is 0 Å². The molecule has 2 fully saturated rings. The van der Waals surface area contributed by atoms with Gasteiger partial charge >= 0.3 is 0 Å². The molecule has 2 aromatic heterocycles. The van der Waals surface area contributed by atoms with E-state index in [0.717, 1.165) is 47.9 Å². The molecule has 2 aliphatic rings. The molecule has 1 saturated carbocycles. The lowest BCUT2D eigenvalue weighted by Crippen LogP contribution is -2.27. The number of hydrogen-bond acceptors (Lipinski definition) is 7. The van der Waals surface area contributed by atoms with E-state index < -0.39 is 0 Å². The number of fused-ring (bicyclic) bond motifs is 1. The molecule has 3 heterocycles. The van der Waals surface area contributed by atoms with Gasteiger partial charge in [0.2, 0.25) is 5.95 Å². The van der Waals surface area contributed by atoms with E-state index in [1.54, 1.807) is 11.3 Å². The normalized spacial score (nSPS) is 17.7. The smallest absolute Gasteiger partial charge is 0.229 e. The third kappa shape index (κ3) is 3.84. The first-order chi connectivity index (χ1) is 13.3. The van der Waals surface area contributed by atoms with Gasteiger partial charge in [0, 0.05) is 37.1 Å². The molecule has 0 amide bonds. The Morgan fingerprint density at radius 1 is 1.04 bits per heavy atom. The summed E-state index contributed by atoms with van der Waals surface area (Å²) in [6.45, 7) is 4.32. The minimum atomic E-state index is 0.570. The topological polar surface area (TPSA) is 65.1 Å². The summed E-state index contributed by atoms with van der Waals surface area (Å²) >= 11 is 1.69. The molecule has 0 bridgehead atoms. The van der Waals surface area contributed by atoms with Gasteiger partial charge in [-0.3, -0.25) is 0 Å². The van der Waals surface area contributed by atoms with Crippen LogP contribution in [-0.2, 0) is 0 Å². The molecule has 0 radical (unpaired) electrons. The second-order valence-corrected chi connectivity index (χ2v) is 8.13. The summed E-state index contributed by atoms with van der Waals surface area (Å²) in [5.74, 6) is 1.60. The van der Waals surface area contributed by atoms with Gasteiger partial charge in [0.05, 0.1) is 10.2 Å². The molecule has 27 heavy (non-hydrogen) atoms. The molecule has 0 unspecified atom stereocenters. The molecule has 3 aromatic rings. The van der Waals surface area contributed by atoms with Crippen LogP contribution in [-0.4, -0.2) is 42.2 Å². The number of hydrogen-bond donors (Lipinski definition) is 3. The highest BCUT2D eigenvalue weighted by Gasteiger charge is 2.23. The number of nitrogens with zero attached hydrogens (tertiary/aromatic N) is 3. The molecular formula is C20H24N6S. The fraction of sp³-hybridized carbons (Fsp3) is 0.400. The first-order valence-corrected chi connectivity index (χ1v) is 10.6. The van der Waals surface area contributed by atoms with Gasteiger partial charge in [-0.05, 0) is 61.5 Å². The van der Waals surface area contributed by atoms with Crippen molar-refractivity contribution < 1.29 is 0 Å². The third-order valence-electron chi connectivity index (χ3n) is 5.05. The maximum atomic E-state index is 4.73. The van der Waals surface area contributed by atoms with Crippen LogP contribution in [0.4, 0.5) is 23.1 Å². The zero-order valence-corrected chi connectivity index (χ0v) is 16.1. The lowest BCUT2D eigenvalue weighted by Gasteiger charge is -2.22. The van der Waals surface area contributed by atoms with Crippen LogP contribution in [0.2, 0.25) is 0 Å². The van der Waals surface area contributed by atoms with Crippen molar-refractivity contribution in [3.8, 4) is 0 Å². The van der Waals surface area contributed by atoms with Gasteiger partial charge in [0.25, 0.3) is 0 Å². The standard InChI is InChI=1S/C20H24N6S/c1-9-21-10-12-26(11-1)16-6-4-15(5-7-16)23-20-24-17-8-13-27-18(17)19(25-20)22-14-2-3-14/h4-8,13-14,21H,1-3,9-12H2,(H2,22,23,24,25). The molecule has 0 spiro atoms. The average Bonchev–Trinajstić information content (AvgIpc) is 3.43. The summed E-state index contributed by atoms with van der Waals surface area (Å²) in [5, 5.41) is 12.4. The Morgan fingerprint density at radius 2 is 1.93 bits per heavy atom. The second kappa shape index (κ2) is 7.32. The average molecular weight is 381 g/mol. The van der Waals surface area contributed by atoms with E-state index >= 15 is 0 Å². The van der Waals surface area contributed by atoms with E-state index in [4.69, 9.17) is 4.98 Å². The van der Waals surface area contributed by atoms with E-state index in [2.05, 4.69) is 61.5 Å². The molecule has 5 rings (SSSR count). The molecule has 1 aliphatic carbocycles. The third-order valence-corrected chi connectivity index (χ3v) is 5.96. The Bertz CT molecular complexity index is 910. The van der Waals surface area contributed by atoms with Crippen LogP contribution < -0.4 is 20.9 Å². The summed E-state index contributed by atoms with van der Waals surface area (Å²) in [5.41, 5.74) is 3.28. The number of thiophene rings is 1. The van der Waals surface area contributed by atoms with Crippen LogP contribution in [0.15, 0.2) is 35.7 Å². The Labute approximate surface area is 163 Å². The summed E-state index contributed by atoms with van der Waals surface area (Å²) in [6.07, 6.45) is 3.64. The molecule has 0 atom stereocenters. The molecule has 6 nitrogen and oxygen atoms in total. The molecule has 7 heteroatoms. The van der Waals surface area contributed by atoms with Crippen LogP contribution >= 0.6 is 11.3 Å². The highest BCUT2D eigenvalue weighted by Crippen LogP contribution is 2.32. The monoisotopic (exact) mass is 380 g/mol. The summed E-state index contributed by atoms with van der Waals surface area (Å²) in [4.78, 5) is 11.8. The zero-order valence-electron chi connectivity index (χ0n) is 15.2. The van der Waals surface area contributed by atoms with E-state index in [-0.39, 0.29) is 0 Å². The van der Waals surface area contributed by atoms with Gasteiger partial charge in [-0.2, -0.15) is 4.98 Å². The summed E-state index contributed by atoms with van der Waals surface area (Å²) in [6, 6.07) is 11.2. The lowest BCUT2D eigenvalue weighted by atomic mass is 10.2. The summed E-state index contributed by atoms with van der Waals surface area (Å²) in [7, 11) is 0. The fourth-order valence-corrected chi connectivity index (χ4v) is 4.21. The summed E-state index contributed by atoms with van der Waals surface area (Å²) < 4.78 is 1.14. The predicted octanol–water partition coefficient (Wildman–Crippen LogP) is 3.81. The number of nitrogens with one attached hydrogen (secondary N) is 3. The van der Waals surface area contributed by atoms with Crippen molar-refractivity contribution in [2.45, 2.75) is 25.3 Å². The van der Waals surface area contributed by atoms with Crippen LogP contribution in [0.5, 0.6) is 0 Å². The van der Waals surface area contributed by atoms with E-state index in [1.165, 1.54) is 24.9 Å². The molecule has 140 valence electrons. The molecule has 1 saturated heterocycles. The van der Waals surface area contributed by atoms with Crippen molar-refractivity contribution in [3.05, 3.63) is 35.7 Å². The number of anilines is 4. The lowest BCUT2D eigenvalue weighted by molar-refractivity contribution is 0.724. The van der Waals surface area contributed by atoms with Crippen molar-refractivity contribution >= 4 is 44.7 Å². The van der Waals surface area contributed by atoms with Crippen molar-refractivity contribution in [3.63, 3.8) is 0 Å². The Kier molecular flexibility index (Phi) is 4.55. The number of benzene rings is 1. The van der Waals surface area contributed by atoms with Gasteiger partial charge < -0.3 is 20.9 Å². The van der Waals surface area contributed by atoms with Gasteiger partial charge in [-0.1, -0.05) is 0 Å².